The van der Waals surface area contributed by atoms with E-state index in [2.05, 4.69) is 10.3 Å². The fraction of sp³-hybridized carbons (Fsp3) is 0.824. The Morgan fingerprint density at radius 1 is 1.19 bits per heavy atom. The van der Waals surface area contributed by atoms with Crippen molar-refractivity contribution in [2.75, 3.05) is 13.2 Å². The highest BCUT2D eigenvalue weighted by molar-refractivity contribution is 5.86. The Hall–Kier alpha value is -1.59. The zero-order valence-electron chi connectivity index (χ0n) is 16.1. The lowest BCUT2D eigenvalue weighted by molar-refractivity contribution is -0.216. The zero-order valence-corrected chi connectivity index (χ0v) is 16.1. The van der Waals surface area contributed by atoms with E-state index in [1.807, 2.05) is 27.7 Å². The first-order valence-electron chi connectivity index (χ1n) is 9.11. The zero-order chi connectivity index (χ0) is 19.4. The molecule has 1 aromatic heterocycles. The SMILES string of the molecule is CCOC(=O)c1cn([C@@H]2O[C@H]([C@H]3COC(C)(C)O3)[C@@H]3OC(C)(C)O[C@@H]32)nn1. The van der Waals surface area contributed by atoms with Crippen molar-refractivity contribution in [3.05, 3.63) is 11.9 Å². The molecule has 27 heavy (non-hydrogen) atoms. The first kappa shape index (κ1) is 18.8. The molecule has 0 spiro atoms. The van der Waals surface area contributed by atoms with Gasteiger partial charge in [-0.1, -0.05) is 5.21 Å². The van der Waals surface area contributed by atoms with Gasteiger partial charge in [0.1, 0.15) is 24.4 Å². The van der Waals surface area contributed by atoms with Gasteiger partial charge in [-0.25, -0.2) is 9.48 Å². The Labute approximate surface area is 157 Å². The van der Waals surface area contributed by atoms with Gasteiger partial charge in [-0.3, -0.25) is 0 Å². The van der Waals surface area contributed by atoms with Crippen LogP contribution in [0.4, 0.5) is 0 Å². The van der Waals surface area contributed by atoms with E-state index < -0.39 is 36.0 Å². The van der Waals surface area contributed by atoms with Gasteiger partial charge in [-0.2, -0.15) is 0 Å². The molecule has 0 radical (unpaired) electrons. The van der Waals surface area contributed by atoms with Crippen molar-refractivity contribution in [3.8, 4) is 0 Å². The summed E-state index contributed by atoms with van der Waals surface area (Å²) < 4.78 is 36.4. The molecule has 3 aliphatic heterocycles. The molecule has 0 unspecified atom stereocenters. The Bertz CT molecular complexity index is 719. The minimum atomic E-state index is -0.769. The van der Waals surface area contributed by atoms with E-state index in [9.17, 15) is 4.79 Å². The molecule has 0 N–H and O–H groups in total. The number of rotatable bonds is 4. The summed E-state index contributed by atoms with van der Waals surface area (Å²) in [6.07, 6.45) is -0.601. The van der Waals surface area contributed by atoms with Crippen LogP contribution in [-0.4, -0.2) is 70.2 Å². The van der Waals surface area contributed by atoms with E-state index in [1.165, 1.54) is 10.9 Å². The van der Waals surface area contributed by atoms with Crippen LogP contribution in [-0.2, 0) is 28.4 Å². The molecular weight excluding hydrogens is 358 g/mol. The molecule has 3 saturated heterocycles. The third-order valence-electron chi connectivity index (χ3n) is 4.72. The maximum Gasteiger partial charge on any atom is 0.360 e. The molecule has 4 rings (SSSR count). The van der Waals surface area contributed by atoms with Gasteiger partial charge in [0.15, 0.2) is 23.5 Å². The van der Waals surface area contributed by atoms with Gasteiger partial charge >= 0.3 is 5.97 Å². The number of esters is 1. The highest BCUT2D eigenvalue weighted by Crippen LogP contribution is 2.45. The molecule has 10 nitrogen and oxygen atoms in total. The molecule has 0 aromatic carbocycles. The van der Waals surface area contributed by atoms with Crippen molar-refractivity contribution in [2.45, 2.75) is 76.8 Å². The molecule has 0 aliphatic carbocycles. The third kappa shape index (κ3) is 3.47. The lowest BCUT2D eigenvalue weighted by Gasteiger charge is -2.26. The van der Waals surface area contributed by atoms with E-state index in [1.54, 1.807) is 6.92 Å². The van der Waals surface area contributed by atoms with Crippen molar-refractivity contribution in [2.24, 2.45) is 0 Å². The van der Waals surface area contributed by atoms with Gasteiger partial charge < -0.3 is 28.4 Å². The van der Waals surface area contributed by atoms with E-state index >= 15 is 0 Å². The van der Waals surface area contributed by atoms with Crippen molar-refractivity contribution < 1.29 is 33.2 Å². The summed E-state index contributed by atoms with van der Waals surface area (Å²) in [6.45, 7) is 9.79. The van der Waals surface area contributed by atoms with Crippen LogP contribution in [0, 0.1) is 0 Å². The molecule has 0 bridgehead atoms. The minimum absolute atomic E-state index is 0.111. The Morgan fingerprint density at radius 3 is 2.59 bits per heavy atom. The van der Waals surface area contributed by atoms with E-state index in [-0.39, 0.29) is 24.5 Å². The van der Waals surface area contributed by atoms with E-state index in [4.69, 9.17) is 28.4 Å². The largest absolute Gasteiger partial charge is 0.461 e. The van der Waals surface area contributed by atoms with Gasteiger partial charge in [0.2, 0.25) is 0 Å². The summed E-state index contributed by atoms with van der Waals surface area (Å²) in [5.41, 5.74) is 0.111. The van der Waals surface area contributed by atoms with Crippen LogP contribution in [0.5, 0.6) is 0 Å². The number of carbonyl (C=O) groups is 1. The number of hydrogen-bond acceptors (Lipinski definition) is 9. The first-order valence-corrected chi connectivity index (χ1v) is 9.11. The number of nitrogens with zero attached hydrogens (tertiary/aromatic N) is 3. The van der Waals surface area contributed by atoms with Gasteiger partial charge in [-0.15, -0.1) is 5.10 Å². The second kappa shape index (κ2) is 6.49. The van der Waals surface area contributed by atoms with Crippen LogP contribution in [0.15, 0.2) is 6.20 Å². The summed E-state index contributed by atoms with van der Waals surface area (Å²) in [5.74, 6) is -1.98. The van der Waals surface area contributed by atoms with Crippen molar-refractivity contribution in [1.82, 2.24) is 15.0 Å². The molecule has 10 heteroatoms. The van der Waals surface area contributed by atoms with Crippen molar-refractivity contribution >= 4 is 5.97 Å². The van der Waals surface area contributed by atoms with Crippen LogP contribution in [0.3, 0.4) is 0 Å². The highest BCUT2D eigenvalue weighted by Gasteiger charge is 2.59. The van der Waals surface area contributed by atoms with Crippen LogP contribution < -0.4 is 0 Å². The topological polar surface area (TPSA) is 103 Å². The Balaban J connectivity index is 1.57. The van der Waals surface area contributed by atoms with Crippen molar-refractivity contribution in [1.29, 1.82) is 0 Å². The van der Waals surface area contributed by atoms with E-state index in [0.29, 0.717) is 6.61 Å². The number of aromatic nitrogens is 3. The van der Waals surface area contributed by atoms with Crippen LogP contribution >= 0.6 is 0 Å². The fourth-order valence-corrected chi connectivity index (χ4v) is 3.70. The fourth-order valence-electron chi connectivity index (χ4n) is 3.70. The summed E-state index contributed by atoms with van der Waals surface area (Å²) in [4.78, 5) is 11.9. The number of hydrogen-bond donors (Lipinski definition) is 0. The quantitative estimate of drug-likeness (QED) is 0.705. The average Bonchev–Trinajstić information content (AvgIpc) is 3.30. The normalized spacial score (nSPS) is 36.7. The monoisotopic (exact) mass is 383 g/mol. The molecule has 5 atom stereocenters. The summed E-state index contributed by atoms with van der Waals surface area (Å²) in [7, 11) is 0. The molecule has 0 saturated carbocycles. The lowest BCUT2D eigenvalue weighted by Crippen LogP contribution is -2.40. The summed E-state index contributed by atoms with van der Waals surface area (Å²) >= 11 is 0. The molecule has 4 heterocycles. The number of fused-ring (bicyclic) bond motifs is 1. The molecular formula is C17H25N3O7. The van der Waals surface area contributed by atoms with Gasteiger partial charge in [0.05, 0.1) is 19.4 Å². The predicted molar refractivity (Wildman–Crippen MR) is 88.6 cm³/mol. The standard InChI is InChI=1S/C17H25N3O7/c1-6-22-15(21)9-7-20(19-18-9)14-13-12(26-17(4,5)27-13)11(24-14)10-8-23-16(2,3)25-10/h7,10-14H,6,8H2,1-5H3/t10-,11-,12+,13+,14-/m1/s1. The van der Waals surface area contributed by atoms with Gasteiger partial charge in [0, 0.05) is 0 Å². The van der Waals surface area contributed by atoms with E-state index in [0.717, 1.165) is 0 Å². The summed E-state index contributed by atoms with van der Waals surface area (Å²) in [6, 6.07) is 0. The number of ether oxygens (including phenoxy) is 6. The van der Waals surface area contributed by atoms with Crippen LogP contribution in [0.2, 0.25) is 0 Å². The maximum absolute atomic E-state index is 11.9. The Morgan fingerprint density at radius 2 is 1.93 bits per heavy atom. The number of carbonyl (C=O) groups excluding carboxylic acids is 1. The molecule has 0 amide bonds. The second-order valence-corrected chi connectivity index (χ2v) is 7.73. The molecule has 3 aliphatic rings. The molecule has 1 aromatic rings. The lowest BCUT2D eigenvalue weighted by atomic mass is 10.1. The minimum Gasteiger partial charge on any atom is -0.461 e. The van der Waals surface area contributed by atoms with Gasteiger partial charge in [-0.05, 0) is 34.6 Å². The molecule has 150 valence electrons. The van der Waals surface area contributed by atoms with Crippen molar-refractivity contribution in [3.63, 3.8) is 0 Å². The summed E-state index contributed by atoms with van der Waals surface area (Å²) in [5, 5.41) is 7.91. The smallest absolute Gasteiger partial charge is 0.360 e. The molecule has 3 fully saturated rings. The first-order chi connectivity index (χ1) is 12.7. The van der Waals surface area contributed by atoms with Crippen LogP contribution in [0.25, 0.3) is 0 Å². The predicted octanol–water partition coefficient (Wildman–Crippen LogP) is 1.02. The van der Waals surface area contributed by atoms with Gasteiger partial charge in [0.25, 0.3) is 0 Å². The van der Waals surface area contributed by atoms with Crippen LogP contribution in [0.1, 0.15) is 51.3 Å². The second-order valence-electron chi connectivity index (χ2n) is 7.73. The highest BCUT2D eigenvalue weighted by atomic mass is 16.8. The third-order valence-corrected chi connectivity index (χ3v) is 4.72. The Kier molecular flexibility index (Phi) is 4.51. The maximum atomic E-state index is 11.9. The average molecular weight is 383 g/mol.